The summed E-state index contributed by atoms with van der Waals surface area (Å²) in [6, 6.07) is 12.9. The average Bonchev–Trinajstić information content (AvgIpc) is 2.99. The molecule has 4 nitrogen and oxygen atoms in total. The molecule has 0 atom stereocenters. The van der Waals surface area contributed by atoms with Crippen LogP contribution in [-0.4, -0.2) is 19.9 Å². The molecule has 1 aliphatic rings. The van der Waals surface area contributed by atoms with Crippen LogP contribution in [0, 0.1) is 0 Å². The Kier molecular flexibility index (Phi) is 3.06. The summed E-state index contributed by atoms with van der Waals surface area (Å²) in [6.45, 7) is 1.67. The standard InChI is InChI=1S/C17H16N2O2S/c20-22(21,17-11-19-16-4-2-1-3-15(16)17)14-6-5-12-7-8-18-10-13(12)9-14/h1-6,9,11,18-19H,7-8,10H2. The number of para-hydroxylation sites is 1. The van der Waals surface area contributed by atoms with Crippen LogP contribution in [0.2, 0.25) is 0 Å². The van der Waals surface area contributed by atoms with E-state index in [1.54, 1.807) is 18.3 Å². The Morgan fingerprint density at radius 2 is 1.86 bits per heavy atom. The molecule has 2 heterocycles. The van der Waals surface area contributed by atoms with E-state index in [1.807, 2.05) is 30.3 Å². The molecule has 0 spiro atoms. The topological polar surface area (TPSA) is 62.0 Å². The van der Waals surface area contributed by atoms with Crippen LogP contribution in [0.25, 0.3) is 10.9 Å². The zero-order chi connectivity index (χ0) is 15.2. The second-order valence-electron chi connectivity index (χ2n) is 5.56. The molecule has 2 aromatic carbocycles. The van der Waals surface area contributed by atoms with E-state index >= 15 is 0 Å². The van der Waals surface area contributed by atoms with Gasteiger partial charge in [-0.15, -0.1) is 0 Å². The first kappa shape index (κ1) is 13.5. The third kappa shape index (κ3) is 2.05. The molecule has 5 heteroatoms. The lowest BCUT2D eigenvalue weighted by Gasteiger charge is -2.17. The van der Waals surface area contributed by atoms with Gasteiger partial charge in [-0.25, -0.2) is 8.42 Å². The largest absolute Gasteiger partial charge is 0.360 e. The lowest BCUT2D eigenvalue weighted by atomic mass is 10.0. The third-order valence-corrected chi connectivity index (χ3v) is 6.01. The number of rotatable bonds is 2. The molecule has 0 amide bonds. The van der Waals surface area contributed by atoms with Gasteiger partial charge in [0, 0.05) is 23.6 Å². The van der Waals surface area contributed by atoms with Gasteiger partial charge in [-0.1, -0.05) is 24.3 Å². The minimum atomic E-state index is -3.51. The summed E-state index contributed by atoms with van der Waals surface area (Å²) in [5.74, 6) is 0. The molecule has 0 fully saturated rings. The highest BCUT2D eigenvalue weighted by Gasteiger charge is 2.23. The Labute approximate surface area is 129 Å². The van der Waals surface area contributed by atoms with Gasteiger partial charge in [-0.3, -0.25) is 0 Å². The van der Waals surface area contributed by atoms with E-state index in [4.69, 9.17) is 0 Å². The fraction of sp³-hybridized carbons (Fsp3) is 0.176. The predicted octanol–water partition coefficient (Wildman–Crippen LogP) is 2.65. The molecule has 3 aromatic rings. The maximum Gasteiger partial charge on any atom is 0.208 e. The Balaban J connectivity index is 1.87. The van der Waals surface area contributed by atoms with E-state index in [0.717, 1.165) is 36.0 Å². The molecule has 0 saturated heterocycles. The number of hydrogen-bond donors (Lipinski definition) is 2. The third-order valence-electron chi connectivity index (χ3n) is 4.22. The molecule has 0 bridgehead atoms. The summed E-state index contributed by atoms with van der Waals surface area (Å²) in [7, 11) is -3.51. The van der Waals surface area contributed by atoms with E-state index in [-0.39, 0.29) is 0 Å². The maximum absolute atomic E-state index is 13.0. The van der Waals surface area contributed by atoms with Gasteiger partial charge >= 0.3 is 0 Å². The van der Waals surface area contributed by atoms with Crippen LogP contribution >= 0.6 is 0 Å². The summed E-state index contributed by atoms with van der Waals surface area (Å²) in [6.07, 6.45) is 2.53. The van der Waals surface area contributed by atoms with Crippen LogP contribution < -0.4 is 5.32 Å². The smallest absolute Gasteiger partial charge is 0.208 e. The zero-order valence-electron chi connectivity index (χ0n) is 12.0. The average molecular weight is 312 g/mol. The molecule has 4 rings (SSSR count). The normalized spacial score (nSPS) is 14.9. The SMILES string of the molecule is O=S(=O)(c1ccc2c(c1)CNCC2)c1c[nH]c2ccccc12. The second kappa shape index (κ2) is 4.97. The van der Waals surface area contributed by atoms with Gasteiger partial charge in [0.2, 0.25) is 9.84 Å². The number of nitrogens with one attached hydrogen (secondary N) is 2. The molecular formula is C17H16N2O2S. The van der Waals surface area contributed by atoms with Crippen molar-refractivity contribution in [2.75, 3.05) is 6.54 Å². The number of fused-ring (bicyclic) bond motifs is 2. The van der Waals surface area contributed by atoms with Gasteiger partial charge < -0.3 is 10.3 Å². The van der Waals surface area contributed by atoms with Gasteiger partial charge in [0.1, 0.15) is 0 Å². The fourth-order valence-electron chi connectivity index (χ4n) is 3.02. The van der Waals surface area contributed by atoms with E-state index in [9.17, 15) is 8.42 Å². The Bertz CT molecular complexity index is 958. The van der Waals surface area contributed by atoms with Crippen molar-refractivity contribution < 1.29 is 8.42 Å². The zero-order valence-corrected chi connectivity index (χ0v) is 12.8. The number of benzene rings is 2. The summed E-state index contributed by atoms with van der Waals surface area (Å²) < 4.78 is 25.9. The van der Waals surface area contributed by atoms with Crippen LogP contribution in [0.3, 0.4) is 0 Å². The molecule has 112 valence electrons. The molecule has 2 N–H and O–H groups in total. The highest BCUT2D eigenvalue weighted by molar-refractivity contribution is 7.91. The molecule has 0 saturated carbocycles. The van der Waals surface area contributed by atoms with Gasteiger partial charge in [0.15, 0.2) is 0 Å². The summed E-state index contributed by atoms with van der Waals surface area (Å²) in [5, 5.41) is 4.02. The highest BCUT2D eigenvalue weighted by Crippen LogP contribution is 2.29. The Morgan fingerprint density at radius 3 is 2.77 bits per heavy atom. The monoisotopic (exact) mass is 312 g/mol. The van der Waals surface area contributed by atoms with Crippen molar-refractivity contribution >= 4 is 20.7 Å². The molecule has 0 radical (unpaired) electrons. The van der Waals surface area contributed by atoms with Gasteiger partial charge in [0.05, 0.1) is 9.79 Å². The van der Waals surface area contributed by atoms with E-state index in [0.29, 0.717) is 9.79 Å². The number of sulfone groups is 1. The molecule has 1 aliphatic heterocycles. The summed E-state index contributed by atoms with van der Waals surface area (Å²) >= 11 is 0. The lowest BCUT2D eigenvalue weighted by molar-refractivity contribution is 0.595. The van der Waals surface area contributed by atoms with E-state index in [1.165, 1.54) is 5.56 Å². The number of hydrogen-bond acceptors (Lipinski definition) is 3. The lowest BCUT2D eigenvalue weighted by Crippen LogP contribution is -2.23. The molecular weight excluding hydrogens is 296 g/mol. The molecule has 0 unspecified atom stereocenters. The molecule has 22 heavy (non-hydrogen) atoms. The number of H-pyrrole nitrogens is 1. The first-order valence-electron chi connectivity index (χ1n) is 7.30. The summed E-state index contributed by atoms with van der Waals surface area (Å²) in [4.78, 5) is 3.74. The van der Waals surface area contributed by atoms with Crippen molar-refractivity contribution in [1.29, 1.82) is 0 Å². The minimum Gasteiger partial charge on any atom is -0.360 e. The Hall–Kier alpha value is -2.11. The van der Waals surface area contributed by atoms with E-state index in [2.05, 4.69) is 10.3 Å². The van der Waals surface area contributed by atoms with Crippen molar-refractivity contribution in [3.05, 3.63) is 59.8 Å². The van der Waals surface area contributed by atoms with Gasteiger partial charge in [-0.2, -0.15) is 0 Å². The summed E-state index contributed by atoms with van der Waals surface area (Å²) in [5.41, 5.74) is 3.14. The second-order valence-corrected chi connectivity index (χ2v) is 7.48. The van der Waals surface area contributed by atoms with Crippen LogP contribution in [-0.2, 0) is 22.8 Å². The van der Waals surface area contributed by atoms with Crippen LogP contribution in [0.15, 0.2) is 58.5 Å². The first-order valence-corrected chi connectivity index (χ1v) is 8.78. The number of aromatic nitrogens is 1. The van der Waals surface area contributed by atoms with Crippen molar-refractivity contribution in [2.45, 2.75) is 22.8 Å². The van der Waals surface area contributed by atoms with Crippen LogP contribution in [0.5, 0.6) is 0 Å². The van der Waals surface area contributed by atoms with Gasteiger partial charge in [0.25, 0.3) is 0 Å². The quantitative estimate of drug-likeness (QED) is 0.765. The van der Waals surface area contributed by atoms with Gasteiger partial charge in [-0.05, 0) is 42.3 Å². The first-order chi connectivity index (χ1) is 10.7. The Morgan fingerprint density at radius 1 is 1.00 bits per heavy atom. The van der Waals surface area contributed by atoms with Crippen molar-refractivity contribution in [2.24, 2.45) is 0 Å². The van der Waals surface area contributed by atoms with Crippen LogP contribution in [0.4, 0.5) is 0 Å². The molecule has 1 aromatic heterocycles. The minimum absolute atomic E-state index is 0.340. The number of aromatic amines is 1. The molecule has 0 aliphatic carbocycles. The highest BCUT2D eigenvalue weighted by atomic mass is 32.2. The predicted molar refractivity (Wildman–Crippen MR) is 85.6 cm³/mol. The van der Waals surface area contributed by atoms with Crippen molar-refractivity contribution in [3.63, 3.8) is 0 Å². The van der Waals surface area contributed by atoms with Crippen molar-refractivity contribution in [3.8, 4) is 0 Å². The maximum atomic E-state index is 13.0. The fourth-order valence-corrected chi connectivity index (χ4v) is 4.50. The van der Waals surface area contributed by atoms with E-state index < -0.39 is 9.84 Å². The van der Waals surface area contributed by atoms with Crippen LogP contribution in [0.1, 0.15) is 11.1 Å². The van der Waals surface area contributed by atoms with Crippen molar-refractivity contribution in [1.82, 2.24) is 10.3 Å².